The summed E-state index contributed by atoms with van der Waals surface area (Å²) in [6.07, 6.45) is 0.911. The highest BCUT2D eigenvalue weighted by Gasteiger charge is 2.16. The fourth-order valence-corrected chi connectivity index (χ4v) is 2.77. The molecule has 118 valence electrons. The van der Waals surface area contributed by atoms with Crippen molar-refractivity contribution in [3.05, 3.63) is 53.6 Å². The molecule has 0 aliphatic rings. The van der Waals surface area contributed by atoms with Gasteiger partial charge in [-0.25, -0.2) is 4.98 Å². The van der Waals surface area contributed by atoms with E-state index in [2.05, 4.69) is 10.3 Å². The average molecular weight is 328 g/mol. The highest BCUT2D eigenvalue weighted by molar-refractivity contribution is 6.33. The number of hydrogen-bond acceptors (Lipinski definition) is 2. The van der Waals surface area contributed by atoms with Crippen molar-refractivity contribution in [3.8, 4) is 11.4 Å². The van der Waals surface area contributed by atoms with Crippen LogP contribution in [0.15, 0.2) is 48.5 Å². The molecule has 0 unspecified atom stereocenters. The van der Waals surface area contributed by atoms with Crippen molar-refractivity contribution in [1.29, 1.82) is 0 Å². The van der Waals surface area contributed by atoms with Crippen LogP contribution in [0.2, 0.25) is 5.02 Å². The average Bonchev–Trinajstić information content (AvgIpc) is 2.92. The van der Waals surface area contributed by atoms with Crippen LogP contribution in [0.25, 0.3) is 22.4 Å². The fourth-order valence-electron chi connectivity index (χ4n) is 2.55. The summed E-state index contributed by atoms with van der Waals surface area (Å²) in [6.45, 7) is 2.93. The number of halogens is 1. The third kappa shape index (κ3) is 3.22. The number of imidazole rings is 1. The maximum absolute atomic E-state index is 12.2. The lowest BCUT2D eigenvalue weighted by Crippen LogP contribution is -2.28. The van der Waals surface area contributed by atoms with E-state index < -0.39 is 0 Å². The minimum atomic E-state index is -0.0247. The molecule has 0 aliphatic carbocycles. The summed E-state index contributed by atoms with van der Waals surface area (Å²) in [5.41, 5.74) is 2.61. The van der Waals surface area contributed by atoms with E-state index in [1.807, 2.05) is 60.0 Å². The van der Waals surface area contributed by atoms with Crippen molar-refractivity contribution in [1.82, 2.24) is 14.9 Å². The molecule has 0 radical (unpaired) electrons. The standard InChI is InChI=1S/C18H18ClN3O/c1-2-11-20-17(23)12-22-16-10-6-5-9-15(16)21-18(22)13-7-3-4-8-14(13)19/h3-10H,2,11-12H2,1H3,(H,20,23). The zero-order valence-electron chi connectivity index (χ0n) is 12.9. The highest BCUT2D eigenvalue weighted by atomic mass is 35.5. The monoisotopic (exact) mass is 327 g/mol. The summed E-state index contributed by atoms with van der Waals surface area (Å²) in [6, 6.07) is 15.3. The molecule has 0 aliphatic heterocycles. The van der Waals surface area contributed by atoms with Gasteiger partial charge in [-0.15, -0.1) is 0 Å². The van der Waals surface area contributed by atoms with Gasteiger partial charge in [0.2, 0.25) is 5.91 Å². The van der Waals surface area contributed by atoms with Gasteiger partial charge in [0.15, 0.2) is 0 Å². The Morgan fingerprint density at radius 3 is 2.70 bits per heavy atom. The van der Waals surface area contributed by atoms with E-state index >= 15 is 0 Å². The SMILES string of the molecule is CCCNC(=O)Cn1c(-c2ccccc2Cl)nc2ccccc21. The van der Waals surface area contributed by atoms with Gasteiger partial charge in [-0.1, -0.05) is 42.8 Å². The van der Waals surface area contributed by atoms with E-state index in [4.69, 9.17) is 11.6 Å². The summed E-state index contributed by atoms with van der Waals surface area (Å²) < 4.78 is 1.92. The van der Waals surface area contributed by atoms with Crippen LogP contribution in [0.4, 0.5) is 0 Å². The number of benzene rings is 2. The zero-order valence-corrected chi connectivity index (χ0v) is 13.7. The molecule has 0 fully saturated rings. The van der Waals surface area contributed by atoms with Gasteiger partial charge in [0, 0.05) is 12.1 Å². The quantitative estimate of drug-likeness (QED) is 0.773. The molecule has 3 aromatic rings. The Kier molecular flexibility index (Phi) is 4.63. The van der Waals surface area contributed by atoms with E-state index in [1.165, 1.54) is 0 Å². The lowest BCUT2D eigenvalue weighted by atomic mass is 10.2. The molecule has 5 heteroatoms. The van der Waals surface area contributed by atoms with Crippen molar-refractivity contribution in [2.24, 2.45) is 0 Å². The van der Waals surface area contributed by atoms with Gasteiger partial charge < -0.3 is 9.88 Å². The molecule has 3 rings (SSSR count). The van der Waals surface area contributed by atoms with E-state index in [9.17, 15) is 4.79 Å². The maximum atomic E-state index is 12.2. The third-order valence-electron chi connectivity index (χ3n) is 3.64. The van der Waals surface area contributed by atoms with Gasteiger partial charge in [0.1, 0.15) is 12.4 Å². The van der Waals surface area contributed by atoms with Crippen LogP contribution in [-0.4, -0.2) is 22.0 Å². The van der Waals surface area contributed by atoms with Gasteiger partial charge in [0.25, 0.3) is 0 Å². The molecule has 23 heavy (non-hydrogen) atoms. The lowest BCUT2D eigenvalue weighted by molar-refractivity contribution is -0.121. The van der Waals surface area contributed by atoms with Crippen LogP contribution in [0.1, 0.15) is 13.3 Å². The number of nitrogens with zero attached hydrogens (tertiary/aromatic N) is 2. The number of hydrogen-bond donors (Lipinski definition) is 1. The molecule has 0 saturated carbocycles. The van der Waals surface area contributed by atoms with Crippen LogP contribution in [0.5, 0.6) is 0 Å². The van der Waals surface area contributed by atoms with Crippen molar-refractivity contribution < 1.29 is 4.79 Å². The second-order valence-corrected chi connectivity index (χ2v) is 5.75. The second-order valence-electron chi connectivity index (χ2n) is 5.34. The molecule has 1 N–H and O–H groups in total. The number of para-hydroxylation sites is 2. The van der Waals surface area contributed by atoms with E-state index in [-0.39, 0.29) is 12.5 Å². The number of nitrogens with one attached hydrogen (secondary N) is 1. The number of carbonyl (C=O) groups excluding carboxylic acids is 1. The predicted molar refractivity (Wildman–Crippen MR) is 93.5 cm³/mol. The molecule has 1 amide bonds. The summed E-state index contributed by atoms with van der Waals surface area (Å²) in [7, 11) is 0. The summed E-state index contributed by atoms with van der Waals surface area (Å²) >= 11 is 6.32. The molecular formula is C18H18ClN3O. The first-order valence-electron chi connectivity index (χ1n) is 7.67. The molecule has 1 heterocycles. The summed E-state index contributed by atoms with van der Waals surface area (Å²) in [4.78, 5) is 16.9. The first kappa shape index (κ1) is 15.6. The maximum Gasteiger partial charge on any atom is 0.240 e. The Morgan fingerprint density at radius 1 is 1.17 bits per heavy atom. The molecule has 4 nitrogen and oxygen atoms in total. The molecule has 0 spiro atoms. The Labute approximate surface area is 140 Å². The van der Waals surface area contributed by atoms with Crippen molar-refractivity contribution >= 4 is 28.5 Å². The van der Waals surface area contributed by atoms with Crippen LogP contribution in [0.3, 0.4) is 0 Å². The minimum absolute atomic E-state index is 0.0247. The van der Waals surface area contributed by atoms with Crippen molar-refractivity contribution in [2.45, 2.75) is 19.9 Å². The van der Waals surface area contributed by atoms with Gasteiger partial charge >= 0.3 is 0 Å². The Morgan fingerprint density at radius 2 is 1.91 bits per heavy atom. The molecular weight excluding hydrogens is 310 g/mol. The number of carbonyl (C=O) groups is 1. The van der Waals surface area contributed by atoms with E-state index in [1.54, 1.807) is 0 Å². The molecule has 2 aromatic carbocycles. The van der Waals surface area contributed by atoms with Gasteiger partial charge in [-0.3, -0.25) is 4.79 Å². The first-order chi connectivity index (χ1) is 11.2. The minimum Gasteiger partial charge on any atom is -0.355 e. The van der Waals surface area contributed by atoms with Crippen molar-refractivity contribution in [3.63, 3.8) is 0 Å². The zero-order chi connectivity index (χ0) is 16.2. The second kappa shape index (κ2) is 6.84. The smallest absolute Gasteiger partial charge is 0.240 e. The normalized spacial score (nSPS) is 10.9. The fraction of sp³-hybridized carbons (Fsp3) is 0.222. The van der Waals surface area contributed by atoms with E-state index in [0.717, 1.165) is 23.0 Å². The number of rotatable bonds is 5. The van der Waals surface area contributed by atoms with Crippen LogP contribution < -0.4 is 5.32 Å². The van der Waals surface area contributed by atoms with E-state index in [0.29, 0.717) is 17.4 Å². The topological polar surface area (TPSA) is 46.9 Å². The number of amides is 1. The summed E-state index contributed by atoms with van der Waals surface area (Å²) in [5, 5.41) is 3.53. The van der Waals surface area contributed by atoms with Gasteiger partial charge in [-0.2, -0.15) is 0 Å². The van der Waals surface area contributed by atoms with Gasteiger partial charge in [-0.05, 0) is 30.7 Å². The molecule has 1 aromatic heterocycles. The predicted octanol–water partition coefficient (Wildman–Crippen LogP) is 3.88. The first-order valence-corrected chi connectivity index (χ1v) is 8.05. The Hall–Kier alpha value is -2.33. The number of aromatic nitrogens is 2. The van der Waals surface area contributed by atoms with Crippen molar-refractivity contribution in [2.75, 3.05) is 6.54 Å². The summed E-state index contributed by atoms with van der Waals surface area (Å²) in [5.74, 6) is 0.687. The molecule has 0 bridgehead atoms. The highest BCUT2D eigenvalue weighted by Crippen LogP contribution is 2.29. The van der Waals surface area contributed by atoms with Crippen LogP contribution in [-0.2, 0) is 11.3 Å². The largest absolute Gasteiger partial charge is 0.355 e. The lowest BCUT2D eigenvalue weighted by Gasteiger charge is -2.10. The Bertz CT molecular complexity index is 841. The third-order valence-corrected chi connectivity index (χ3v) is 3.97. The van der Waals surface area contributed by atoms with Crippen LogP contribution >= 0.6 is 11.6 Å². The molecule has 0 saturated heterocycles. The van der Waals surface area contributed by atoms with Crippen LogP contribution in [0, 0.1) is 0 Å². The number of fused-ring (bicyclic) bond motifs is 1. The molecule has 0 atom stereocenters. The Balaban J connectivity index is 2.08. The van der Waals surface area contributed by atoms with Gasteiger partial charge in [0.05, 0.1) is 16.1 Å².